The largest absolute Gasteiger partial charge is 0.477 e. The maximum Gasteiger partial charge on any atom is 0.352 e. The summed E-state index contributed by atoms with van der Waals surface area (Å²) in [5.74, 6) is -1.33. The summed E-state index contributed by atoms with van der Waals surface area (Å²) >= 11 is 0. The molecular formula is C10H12N2O5. The molecule has 92 valence electrons. The molecule has 2 rings (SSSR count). The van der Waals surface area contributed by atoms with E-state index in [1.165, 1.54) is 0 Å². The van der Waals surface area contributed by atoms with Crippen molar-refractivity contribution in [1.29, 1.82) is 0 Å². The highest BCUT2D eigenvalue weighted by molar-refractivity contribution is 5.84. The van der Waals surface area contributed by atoms with Crippen molar-refractivity contribution < 1.29 is 14.6 Å². The van der Waals surface area contributed by atoms with E-state index in [-0.39, 0.29) is 12.6 Å². The number of nitrogens with one attached hydrogen (secondary N) is 1. The lowest BCUT2D eigenvalue weighted by Gasteiger charge is -2.10. The summed E-state index contributed by atoms with van der Waals surface area (Å²) in [7, 11) is 0. The second-order valence-electron chi connectivity index (χ2n) is 3.88. The van der Waals surface area contributed by atoms with Crippen LogP contribution in [0.2, 0.25) is 0 Å². The molecule has 0 amide bonds. The first-order chi connectivity index (χ1) is 8.08. The van der Waals surface area contributed by atoms with Crippen molar-refractivity contribution in [2.45, 2.75) is 25.5 Å². The van der Waals surface area contributed by atoms with Crippen molar-refractivity contribution in [2.24, 2.45) is 0 Å². The first kappa shape index (κ1) is 11.6. The molecule has 0 spiro atoms. The van der Waals surface area contributed by atoms with Gasteiger partial charge in [0.05, 0.1) is 12.6 Å². The standard InChI is InChI=1S/C10H12N2O5/c13-8-4-7(9(14)15)11-10(16)12(8)5-6-2-1-3-17-6/h4,6H,1-3,5H2,(H,11,16)(H,14,15)/t6-/m1/s1. The highest BCUT2D eigenvalue weighted by Crippen LogP contribution is 2.12. The third-order valence-electron chi connectivity index (χ3n) is 2.66. The molecule has 1 saturated heterocycles. The summed E-state index contributed by atoms with van der Waals surface area (Å²) in [5, 5.41) is 8.67. The van der Waals surface area contributed by atoms with Gasteiger partial charge < -0.3 is 14.8 Å². The van der Waals surface area contributed by atoms with Gasteiger partial charge in [0.15, 0.2) is 0 Å². The van der Waals surface area contributed by atoms with Crippen molar-refractivity contribution in [1.82, 2.24) is 9.55 Å². The molecule has 0 aromatic carbocycles. The van der Waals surface area contributed by atoms with E-state index in [1.54, 1.807) is 0 Å². The molecule has 7 nitrogen and oxygen atoms in total. The molecule has 0 bridgehead atoms. The lowest BCUT2D eigenvalue weighted by Crippen LogP contribution is -2.39. The fourth-order valence-electron chi connectivity index (χ4n) is 1.80. The van der Waals surface area contributed by atoms with E-state index in [0.29, 0.717) is 6.61 Å². The molecule has 1 atom stereocenters. The fourth-order valence-corrected chi connectivity index (χ4v) is 1.80. The van der Waals surface area contributed by atoms with Crippen molar-refractivity contribution in [3.8, 4) is 0 Å². The van der Waals surface area contributed by atoms with E-state index >= 15 is 0 Å². The van der Waals surface area contributed by atoms with Gasteiger partial charge in [0.25, 0.3) is 5.56 Å². The van der Waals surface area contributed by atoms with Gasteiger partial charge in [0.2, 0.25) is 0 Å². The third kappa shape index (κ3) is 2.44. The number of nitrogens with zero attached hydrogens (tertiary/aromatic N) is 1. The van der Waals surface area contributed by atoms with Gasteiger partial charge in [0, 0.05) is 12.7 Å². The van der Waals surface area contributed by atoms with Crippen LogP contribution in [0.3, 0.4) is 0 Å². The topological polar surface area (TPSA) is 101 Å². The molecule has 2 N–H and O–H groups in total. The predicted molar refractivity (Wildman–Crippen MR) is 57.3 cm³/mol. The van der Waals surface area contributed by atoms with Gasteiger partial charge in [-0.2, -0.15) is 0 Å². The Morgan fingerprint density at radius 2 is 2.35 bits per heavy atom. The zero-order valence-electron chi connectivity index (χ0n) is 9.01. The highest BCUT2D eigenvalue weighted by atomic mass is 16.5. The van der Waals surface area contributed by atoms with Gasteiger partial charge in [-0.3, -0.25) is 9.36 Å². The zero-order chi connectivity index (χ0) is 12.4. The Morgan fingerprint density at radius 3 is 2.88 bits per heavy atom. The number of carbonyl (C=O) groups is 1. The van der Waals surface area contributed by atoms with Crippen molar-refractivity contribution in [2.75, 3.05) is 6.61 Å². The predicted octanol–water partition coefficient (Wildman–Crippen LogP) is -0.586. The number of carboxylic acids is 1. The molecule has 1 aromatic heterocycles. The lowest BCUT2D eigenvalue weighted by atomic mass is 10.2. The Hall–Kier alpha value is -1.89. The number of aromatic carboxylic acids is 1. The van der Waals surface area contributed by atoms with Crippen LogP contribution in [0.5, 0.6) is 0 Å². The second-order valence-corrected chi connectivity index (χ2v) is 3.88. The molecule has 7 heteroatoms. The quantitative estimate of drug-likeness (QED) is 0.735. The Kier molecular flexibility index (Phi) is 3.10. The van der Waals surface area contributed by atoms with Crippen LogP contribution >= 0.6 is 0 Å². The van der Waals surface area contributed by atoms with Gasteiger partial charge in [-0.25, -0.2) is 9.59 Å². The molecule has 1 aliphatic rings. The SMILES string of the molecule is O=C(O)c1cc(=O)n(C[C@H]2CCCO2)c(=O)[nH]1. The van der Waals surface area contributed by atoms with Crippen molar-refractivity contribution >= 4 is 5.97 Å². The summed E-state index contributed by atoms with van der Waals surface area (Å²) in [6.07, 6.45) is 1.56. The van der Waals surface area contributed by atoms with Crippen LogP contribution in [0.15, 0.2) is 15.7 Å². The summed E-state index contributed by atoms with van der Waals surface area (Å²) in [6, 6.07) is 0.901. The summed E-state index contributed by atoms with van der Waals surface area (Å²) in [5.41, 5.74) is -1.74. The van der Waals surface area contributed by atoms with Crippen molar-refractivity contribution in [3.63, 3.8) is 0 Å². The lowest BCUT2D eigenvalue weighted by molar-refractivity contribution is 0.0688. The summed E-state index contributed by atoms with van der Waals surface area (Å²) in [4.78, 5) is 35.9. The number of hydrogen-bond donors (Lipinski definition) is 2. The summed E-state index contributed by atoms with van der Waals surface area (Å²) < 4.78 is 6.28. The first-order valence-corrected chi connectivity index (χ1v) is 5.27. The Morgan fingerprint density at radius 1 is 1.59 bits per heavy atom. The zero-order valence-corrected chi connectivity index (χ0v) is 9.01. The Labute approximate surface area is 95.7 Å². The Bertz CT molecular complexity index is 507. The highest BCUT2D eigenvalue weighted by Gasteiger charge is 2.18. The average molecular weight is 240 g/mol. The minimum Gasteiger partial charge on any atom is -0.477 e. The smallest absolute Gasteiger partial charge is 0.352 e. The van der Waals surface area contributed by atoms with Gasteiger partial charge in [-0.1, -0.05) is 0 Å². The van der Waals surface area contributed by atoms with Crippen LogP contribution in [0.4, 0.5) is 0 Å². The number of aromatic amines is 1. The van der Waals surface area contributed by atoms with Gasteiger partial charge in [-0.05, 0) is 12.8 Å². The molecule has 1 fully saturated rings. The van der Waals surface area contributed by atoms with Gasteiger partial charge in [-0.15, -0.1) is 0 Å². The molecule has 1 aliphatic heterocycles. The number of rotatable bonds is 3. The molecule has 0 saturated carbocycles. The number of hydrogen-bond acceptors (Lipinski definition) is 4. The monoisotopic (exact) mass is 240 g/mol. The van der Waals surface area contributed by atoms with Crippen LogP contribution in [-0.2, 0) is 11.3 Å². The molecule has 1 aromatic rings. The van der Waals surface area contributed by atoms with E-state index < -0.39 is 22.9 Å². The number of aromatic nitrogens is 2. The van der Waals surface area contributed by atoms with E-state index in [2.05, 4.69) is 4.98 Å². The third-order valence-corrected chi connectivity index (χ3v) is 2.66. The molecular weight excluding hydrogens is 228 g/mol. The van der Waals surface area contributed by atoms with Crippen LogP contribution in [0.25, 0.3) is 0 Å². The number of ether oxygens (including phenoxy) is 1. The Balaban J connectivity index is 2.31. The molecule has 17 heavy (non-hydrogen) atoms. The molecule has 0 unspecified atom stereocenters. The molecule has 2 heterocycles. The minimum atomic E-state index is -1.33. The second kappa shape index (κ2) is 4.54. The van der Waals surface area contributed by atoms with Crippen LogP contribution < -0.4 is 11.2 Å². The minimum absolute atomic E-state index is 0.149. The fraction of sp³-hybridized carbons (Fsp3) is 0.500. The number of H-pyrrole nitrogens is 1. The van der Waals surface area contributed by atoms with Crippen LogP contribution in [0.1, 0.15) is 23.3 Å². The molecule has 0 radical (unpaired) electrons. The normalized spacial score (nSPS) is 19.4. The molecule has 0 aliphatic carbocycles. The maximum absolute atomic E-state index is 11.6. The first-order valence-electron chi connectivity index (χ1n) is 5.27. The summed E-state index contributed by atoms with van der Waals surface area (Å²) in [6.45, 7) is 0.790. The van der Waals surface area contributed by atoms with Crippen LogP contribution in [-0.4, -0.2) is 33.3 Å². The van der Waals surface area contributed by atoms with Crippen LogP contribution in [0, 0.1) is 0 Å². The maximum atomic E-state index is 11.6. The van der Waals surface area contributed by atoms with Gasteiger partial charge in [0.1, 0.15) is 5.69 Å². The van der Waals surface area contributed by atoms with E-state index in [9.17, 15) is 14.4 Å². The number of carboxylic acid groups (broad SMARTS) is 1. The van der Waals surface area contributed by atoms with E-state index in [1.807, 2.05) is 0 Å². The van der Waals surface area contributed by atoms with Gasteiger partial charge >= 0.3 is 11.7 Å². The van der Waals surface area contributed by atoms with E-state index in [4.69, 9.17) is 9.84 Å². The van der Waals surface area contributed by atoms with E-state index in [0.717, 1.165) is 23.5 Å². The van der Waals surface area contributed by atoms with Crippen molar-refractivity contribution in [3.05, 3.63) is 32.6 Å². The average Bonchev–Trinajstić information content (AvgIpc) is 2.75.